The zero-order valence-electron chi connectivity index (χ0n) is 21.7. The van der Waals surface area contributed by atoms with E-state index in [1.54, 1.807) is 0 Å². The van der Waals surface area contributed by atoms with Gasteiger partial charge in [0.2, 0.25) is 0 Å². The molecule has 8 rings (SSSR count). The molecule has 0 unspecified atom stereocenters. The third kappa shape index (κ3) is 3.29. The molecule has 0 saturated carbocycles. The first-order chi connectivity index (χ1) is 19.2. The fourth-order valence-electron chi connectivity index (χ4n) is 7.02. The zero-order chi connectivity index (χ0) is 26.1. The summed E-state index contributed by atoms with van der Waals surface area (Å²) in [4.78, 5) is 0. The minimum absolute atomic E-state index is 0.0572. The van der Waals surface area contributed by atoms with Gasteiger partial charge in [-0.05, 0) is 106 Å². The molecule has 0 atom stereocenters. The first-order valence-electron chi connectivity index (χ1n) is 13.8. The van der Waals surface area contributed by atoms with Gasteiger partial charge in [0.1, 0.15) is 0 Å². The molecule has 0 bridgehead atoms. The molecule has 39 heavy (non-hydrogen) atoms. The number of benzene rings is 8. The number of rotatable bonds is 6. The normalized spacial score (nSPS) is 12.4. The fourth-order valence-corrected chi connectivity index (χ4v) is 7.02. The summed E-state index contributed by atoms with van der Waals surface area (Å²) in [5.74, 6) is 0. The van der Waals surface area contributed by atoms with Crippen LogP contribution in [0, 0.1) is 0 Å². The molecule has 0 heterocycles. The Kier molecular flexibility index (Phi) is 5.03. The summed E-state index contributed by atoms with van der Waals surface area (Å²) < 4.78 is 0. The molecule has 8 aromatic carbocycles. The Morgan fingerprint density at radius 2 is 0.615 bits per heavy atom. The first-order valence-corrected chi connectivity index (χ1v) is 13.8. The van der Waals surface area contributed by atoms with E-state index in [1.165, 1.54) is 65.0 Å². The van der Waals surface area contributed by atoms with Gasteiger partial charge in [0, 0.05) is 0 Å². The number of aliphatic hydroxyl groups is 2. The van der Waals surface area contributed by atoms with Crippen LogP contribution in [0.3, 0.4) is 0 Å². The Labute approximate surface area is 226 Å². The lowest BCUT2D eigenvalue weighted by atomic mass is 9.88. The summed E-state index contributed by atoms with van der Waals surface area (Å²) >= 11 is 0. The lowest BCUT2D eigenvalue weighted by Crippen LogP contribution is -1.96. The van der Waals surface area contributed by atoms with Crippen LogP contribution in [0.4, 0.5) is 0 Å². The maximum absolute atomic E-state index is 9.93. The van der Waals surface area contributed by atoms with Gasteiger partial charge < -0.3 is 10.2 Å². The topological polar surface area (TPSA) is 40.5 Å². The highest BCUT2D eigenvalue weighted by Gasteiger charge is 2.15. The van der Waals surface area contributed by atoms with Gasteiger partial charge in [-0.3, -0.25) is 0 Å². The predicted molar refractivity (Wildman–Crippen MR) is 164 cm³/mol. The quantitative estimate of drug-likeness (QED) is 0.223. The molecule has 0 saturated heterocycles. The lowest BCUT2D eigenvalue weighted by Gasteiger charge is -2.16. The van der Waals surface area contributed by atoms with E-state index in [-0.39, 0.29) is 13.2 Å². The summed E-state index contributed by atoms with van der Waals surface area (Å²) in [6.07, 6.45) is 3.09. The zero-order valence-corrected chi connectivity index (χ0v) is 21.7. The van der Waals surface area contributed by atoms with Crippen molar-refractivity contribution in [1.82, 2.24) is 0 Å². The average Bonchev–Trinajstić information content (AvgIpc) is 2.99. The summed E-state index contributed by atoms with van der Waals surface area (Å²) in [5, 5.41) is 35.0. The molecule has 8 aromatic rings. The Bertz CT molecular complexity index is 2020. The summed E-state index contributed by atoms with van der Waals surface area (Å²) in [5.41, 5.74) is 4.75. The Hall–Kier alpha value is -4.24. The van der Waals surface area contributed by atoms with Crippen LogP contribution < -0.4 is 0 Å². The van der Waals surface area contributed by atoms with Crippen LogP contribution in [-0.2, 0) is 26.1 Å². The van der Waals surface area contributed by atoms with Gasteiger partial charge >= 0.3 is 0 Å². The first kappa shape index (κ1) is 22.7. The predicted octanol–water partition coefficient (Wildman–Crippen LogP) is 8.64. The minimum atomic E-state index is 0.0572. The molecule has 2 N–H and O–H groups in total. The molecule has 188 valence electrons. The van der Waals surface area contributed by atoms with Crippen LogP contribution in [0.25, 0.3) is 64.6 Å². The lowest BCUT2D eigenvalue weighted by molar-refractivity contribution is 0.283. The standard InChI is InChI=1S/C37H28O2/c38-20-28-10-8-26-12-16-30-22(4-6-24-14-18-32(28)36(26)34(24)30)2-1-3-23-5-7-25-15-19-33-29(21-39)11-9-27-13-17-31(23)35(25)37(27)33/h4-19,38-39H,1-3,20-21H2. The number of aryl methyl sites for hydroxylation is 2. The van der Waals surface area contributed by atoms with Gasteiger partial charge in [-0.2, -0.15) is 0 Å². The molecule has 0 aliphatic carbocycles. The van der Waals surface area contributed by atoms with Crippen molar-refractivity contribution >= 4 is 64.6 Å². The van der Waals surface area contributed by atoms with Crippen molar-refractivity contribution in [2.24, 2.45) is 0 Å². The van der Waals surface area contributed by atoms with Crippen LogP contribution in [0.5, 0.6) is 0 Å². The van der Waals surface area contributed by atoms with E-state index < -0.39 is 0 Å². The van der Waals surface area contributed by atoms with Crippen molar-refractivity contribution in [3.63, 3.8) is 0 Å². The smallest absolute Gasteiger partial charge is 0.0687 e. The highest BCUT2D eigenvalue weighted by molar-refractivity contribution is 6.25. The second kappa shape index (κ2) is 8.64. The molecular formula is C37H28O2. The van der Waals surface area contributed by atoms with Crippen molar-refractivity contribution in [2.75, 3.05) is 0 Å². The van der Waals surface area contributed by atoms with Crippen molar-refractivity contribution in [2.45, 2.75) is 32.5 Å². The van der Waals surface area contributed by atoms with Crippen LogP contribution >= 0.6 is 0 Å². The molecule has 2 nitrogen and oxygen atoms in total. The van der Waals surface area contributed by atoms with E-state index >= 15 is 0 Å². The molecule has 2 heteroatoms. The van der Waals surface area contributed by atoms with Gasteiger partial charge in [-0.1, -0.05) is 97.1 Å². The minimum Gasteiger partial charge on any atom is -0.392 e. The Balaban J connectivity index is 1.18. The van der Waals surface area contributed by atoms with Crippen molar-refractivity contribution in [3.05, 3.63) is 119 Å². The van der Waals surface area contributed by atoms with E-state index in [9.17, 15) is 10.2 Å². The van der Waals surface area contributed by atoms with Crippen LogP contribution in [0.15, 0.2) is 97.1 Å². The summed E-state index contributed by atoms with van der Waals surface area (Å²) in [7, 11) is 0. The second-order valence-corrected chi connectivity index (χ2v) is 10.9. The number of hydrogen-bond donors (Lipinski definition) is 2. The van der Waals surface area contributed by atoms with Gasteiger partial charge in [0.05, 0.1) is 13.2 Å². The average molecular weight is 505 g/mol. The third-order valence-corrected chi connectivity index (χ3v) is 8.92. The molecule has 0 amide bonds. The Morgan fingerprint density at radius 1 is 0.333 bits per heavy atom. The van der Waals surface area contributed by atoms with Gasteiger partial charge in [0.15, 0.2) is 0 Å². The monoisotopic (exact) mass is 504 g/mol. The van der Waals surface area contributed by atoms with Gasteiger partial charge in [-0.25, -0.2) is 0 Å². The molecule has 0 aliphatic heterocycles. The molecule has 0 aromatic heterocycles. The highest BCUT2D eigenvalue weighted by Crippen LogP contribution is 2.39. The van der Waals surface area contributed by atoms with Crippen LogP contribution in [-0.4, -0.2) is 10.2 Å². The Morgan fingerprint density at radius 3 is 0.949 bits per heavy atom. The SMILES string of the molecule is OCc1ccc2ccc3c(CCCc4ccc5ccc6c(CO)ccc7ccc4c5c76)ccc4ccc1c2c43. The summed E-state index contributed by atoms with van der Waals surface area (Å²) in [6, 6.07) is 35.2. The molecular weight excluding hydrogens is 476 g/mol. The third-order valence-electron chi connectivity index (χ3n) is 8.92. The molecule has 0 aliphatic rings. The number of aliphatic hydroxyl groups excluding tert-OH is 2. The maximum atomic E-state index is 9.93. The molecule has 0 fully saturated rings. The van der Waals surface area contributed by atoms with E-state index in [2.05, 4.69) is 84.9 Å². The second-order valence-electron chi connectivity index (χ2n) is 10.9. The molecule has 0 spiro atoms. The summed E-state index contributed by atoms with van der Waals surface area (Å²) in [6.45, 7) is 0.114. The van der Waals surface area contributed by atoms with Gasteiger partial charge in [0.25, 0.3) is 0 Å². The van der Waals surface area contributed by atoms with E-state index in [1.807, 2.05) is 12.1 Å². The maximum Gasteiger partial charge on any atom is 0.0687 e. The number of hydrogen-bond acceptors (Lipinski definition) is 2. The van der Waals surface area contributed by atoms with Crippen LogP contribution in [0.2, 0.25) is 0 Å². The van der Waals surface area contributed by atoms with Crippen molar-refractivity contribution in [3.8, 4) is 0 Å². The van der Waals surface area contributed by atoms with Crippen molar-refractivity contribution in [1.29, 1.82) is 0 Å². The van der Waals surface area contributed by atoms with Crippen molar-refractivity contribution < 1.29 is 10.2 Å². The van der Waals surface area contributed by atoms with Crippen LogP contribution in [0.1, 0.15) is 28.7 Å². The largest absolute Gasteiger partial charge is 0.392 e. The molecule has 0 radical (unpaired) electrons. The van der Waals surface area contributed by atoms with E-state index in [0.717, 1.165) is 41.2 Å². The van der Waals surface area contributed by atoms with E-state index in [0.29, 0.717) is 0 Å². The van der Waals surface area contributed by atoms with E-state index in [4.69, 9.17) is 0 Å². The fraction of sp³-hybridized carbons (Fsp3) is 0.135. The highest BCUT2D eigenvalue weighted by atomic mass is 16.3. The van der Waals surface area contributed by atoms with Gasteiger partial charge in [-0.15, -0.1) is 0 Å².